The van der Waals surface area contributed by atoms with Crippen LogP contribution in [0.4, 0.5) is 10.5 Å². The molecule has 2 aliphatic rings. The average molecular weight is 512 g/mol. The lowest BCUT2D eigenvalue weighted by Crippen LogP contribution is -2.39. The van der Waals surface area contributed by atoms with Crippen LogP contribution in [0.25, 0.3) is 11.1 Å². The van der Waals surface area contributed by atoms with Crippen molar-refractivity contribution in [3.63, 3.8) is 0 Å². The predicted octanol–water partition coefficient (Wildman–Crippen LogP) is 5.87. The Bertz CT molecular complexity index is 1280. The molecular weight excluding hydrogens is 478 g/mol. The molecule has 3 aromatic rings. The number of alkyl carbamates (subject to hydrolysis) is 1. The number of piperidine rings is 1. The molecule has 1 saturated heterocycles. The van der Waals surface area contributed by atoms with Crippen molar-refractivity contribution in [3.8, 4) is 11.1 Å². The van der Waals surface area contributed by atoms with Crippen LogP contribution in [0, 0.1) is 0 Å². The highest BCUT2D eigenvalue weighted by Gasteiger charge is 2.29. The molecule has 38 heavy (non-hydrogen) atoms. The van der Waals surface area contributed by atoms with Gasteiger partial charge in [-0.15, -0.1) is 0 Å². The maximum atomic E-state index is 12.5. The predicted molar refractivity (Wildman–Crippen MR) is 148 cm³/mol. The quantitative estimate of drug-likeness (QED) is 0.244. The molecule has 0 saturated carbocycles. The van der Waals surface area contributed by atoms with Crippen LogP contribution >= 0.6 is 0 Å². The van der Waals surface area contributed by atoms with E-state index in [1.807, 2.05) is 36.4 Å². The summed E-state index contributed by atoms with van der Waals surface area (Å²) in [5.41, 5.74) is 7.21. The van der Waals surface area contributed by atoms with E-state index >= 15 is 0 Å². The van der Waals surface area contributed by atoms with Crippen molar-refractivity contribution in [2.24, 2.45) is 5.16 Å². The molecular formula is C31H33N3O4. The van der Waals surface area contributed by atoms with Gasteiger partial charge in [0.1, 0.15) is 12.6 Å². The van der Waals surface area contributed by atoms with Gasteiger partial charge in [-0.1, -0.05) is 65.8 Å². The standard InChI is InChI=1S/C31H33N3O4/c1-21(23-14-16-24(17-15-23)34-18-8-3-9-19-34)33-38-30(35)22(2)32-31(36)37-20-29-27-12-6-4-10-25(27)26-11-5-7-13-28(26)29/h4-7,10-17,22,29H,3,8-9,18-20H2,1-2H3,(H,32,36)/b33-21+/t22-/m0/s1. The third-order valence-corrected chi connectivity index (χ3v) is 7.31. The van der Waals surface area contributed by atoms with Gasteiger partial charge in [-0.25, -0.2) is 9.59 Å². The second-order valence-corrected chi connectivity index (χ2v) is 9.87. The lowest BCUT2D eigenvalue weighted by molar-refractivity contribution is -0.145. The molecule has 1 aliphatic carbocycles. The van der Waals surface area contributed by atoms with Crippen LogP contribution in [0.15, 0.2) is 78.0 Å². The van der Waals surface area contributed by atoms with E-state index in [4.69, 9.17) is 9.57 Å². The molecule has 1 heterocycles. The second kappa shape index (κ2) is 11.5. The number of ether oxygens (including phenoxy) is 1. The van der Waals surface area contributed by atoms with Crippen molar-refractivity contribution in [1.29, 1.82) is 0 Å². The molecule has 3 aromatic carbocycles. The maximum Gasteiger partial charge on any atom is 0.407 e. The molecule has 0 spiro atoms. The maximum absolute atomic E-state index is 12.5. The molecule has 1 N–H and O–H groups in total. The number of amides is 1. The zero-order valence-electron chi connectivity index (χ0n) is 21.9. The highest BCUT2D eigenvalue weighted by molar-refractivity contribution is 5.99. The van der Waals surface area contributed by atoms with Crippen molar-refractivity contribution in [1.82, 2.24) is 5.32 Å². The van der Waals surface area contributed by atoms with E-state index in [-0.39, 0.29) is 12.5 Å². The van der Waals surface area contributed by atoms with Crippen molar-refractivity contribution >= 4 is 23.5 Å². The SMILES string of the molecule is C/C(=N\OC(=O)[C@H](C)NC(=O)OCC1c2ccccc2-c2ccccc21)c1ccc(N2CCCCC2)cc1. The Morgan fingerprint density at radius 2 is 1.53 bits per heavy atom. The number of nitrogens with one attached hydrogen (secondary N) is 1. The van der Waals surface area contributed by atoms with Crippen LogP contribution in [0.1, 0.15) is 55.7 Å². The number of rotatable bonds is 7. The molecule has 1 aliphatic heterocycles. The monoisotopic (exact) mass is 511 g/mol. The first-order valence-electron chi connectivity index (χ1n) is 13.2. The Labute approximate surface area is 223 Å². The van der Waals surface area contributed by atoms with E-state index in [0.29, 0.717) is 5.71 Å². The van der Waals surface area contributed by atoms with Crippen molar-refractivity contribution in [2.75, 3.05) is 24.6 Å². The number of carbonyl (C=O) groups is 2. The molecule has 0 radical (unpaired) electrons. The van der Waals surface area contributed by atoms with Crippen molar-refractivity contribution in [3.05, 3.63) is 89.5 Å². The molecule has 0 bridgehead atoms. The molecule has 1 fully saturated rings. The average Bonchev–Trinajstić information content (AvgIpc) is 3.28. The van der Waals surface area contributed by atoms with Gasteiger partial charge in [-0.2, -0.15) is 0 Å². The zero-order chi connectivity index (χ0) is 26.5. The van der Waals surface area contributed by atoms with Gasteiger partial charge < -0.3 is 19.8 Å². The van der Waals surface area contributed by atoms with Crippen LogP contribution in [0.3, 0.4) is 0 Å². The fourth-order valence-corrected chi connectivity index (χ4v) is 5.19. The summed E-state index contributed by atoms with van der Waals surface area (Å²) in [5.74, 6) is -0.716. The van der Waals surface area contributed by atoms with Crippen molar-refractivity contribution < 1.29 is 19.2 Å². The van der Waals surface area contributed by atoms with Crippen LogP contribution in [-0.2, 0) is 14.4 Å². The molecule has 1 amide bonds. The molecule has 0 aromatic heterocycles. The first-order valence-corrected chi connectivity index (χ1v) is 13.2. The fraction of sp³-hybridized carbons (Fsp3) is 0.323. The number of fused-ring (bicyclic) bond motifs is 3. The van der Waals surface area contributed by atoms with E-state index in [2.05, 4.69) is 51.8 Å². The summed E-state index contributed by atoms with van der Waals surface area (Å²) in [6.45, 7) is 5.67. The van der Waals surface area contributed by atoms with E-state index in [1.165, 1.54) is 24.9 Å². The van der Waals surface area contributed by atoms with Crippen LogP contribution < -0.4 is 10.2 Å². The van der Waals surface area contributed by atoms with Gasteiger partial charge in [-0.05, 0) is 73.1 Å². The van der Waals surface area contributed by atoms with Gasteiger partial charge in [0.15, 0.2) is 0 Å². The highest BCUT2D eigenvalue weighted by atomic mass is 16.7. The summed E-state index contributed by atoms with van der Waals surface area (Å²) < 4.78 is 5.52. The molecule has 7 nitrogen and oxygen atoms in total. The first kappa shape index (κ1) is 25.5. The molecule has 0 unspecified atom stereocenters. The minimum absolute atomic E-state index is 0.0519. The number of hydrogen-bond acceptors (Lipinski definition) is 6. The summed E-state index contributed by atoms with van der Waals surface area (Å²) in [7, 11) is 0. The van der Waals surface area contributed by atoms with Crippen LogP contribution in [-0.4, -0.2) is 43.5 Å². The van der Waals surface area contributed by atoms with E-state index < -0.39 is 18.1 Å². The topological polar surface area (TPSA) is 80.2 Å². The van der Waals surface area contributed by atoms with Gasteiger partial charge in [-0.3, -0.25) is 0 Å². The summed E-state index contributed by atoms with van der Waals surface area (Å²) in [4.78, 5) is 32.4. The van der Waals surface area contributed by atoms with Crippen LogP contribution in [0.2, 0.25) is 0 Å². The minimum Gasteiger partial charge on any atom is -0.449 e. The van der Waals surface area contributed by atoms with Gasteiger partial charge >= 0.3 is 12.1 Å². The first-order chi connectivity index (χ1) is 18.5. The third kappa shape index (κ3) is 5.57. The van der Waals surface area contributed by atoms with E-state index in [0.717, 1.165) is 40.9 Å². The number of benzene rings is 3. The Balaban J connectivity index is 1.12. The summed E-state index contributed by atoms with van der Waals surface area (Å²) in [5, 5.41) is 6.53. The smallest absolute Gasteiger partial charge is 0.407 e. The number of oxime groups is 1. The second-order valence-electron chi connectivity index (χ2n) is 9.87. The Morgan fingerprint density at radius 1 is 0.921 bits per heavy atom. The van der Waals surface area contributed by atoms with Gasteiger partial charge in [0.05, 0.1) is 5.71 Å². The summed E-state index contributed by atoms with van der Waals surface area (Å²) in [6.07, 6.45) is 3.06. The molecule has 5 rings (SSSR count). The molecule has 7 heteroatoms. The number of anilines is 1. The van der Waals surface area contributed by atoms with Gasteiger partial charge in [0.25, 0.3) is 0 Å². The number of nitrogens with zero attached hydrogens (tertiary/aromatic N) is 2. The highest BCUT2D eigenvalue weighted by Crippen LogP contribution is 2.44. The van der Waals surface area contributed by atoms with Gasteiger partial charge in [0.2, 0.25) is 0 Å². The summed E-state index contributed by atoms with van der Waals surface area (Å²) >= 11 is 0. The largest absolute Gasteiger partial charge is 0.449 e. The minimum atomic E-state index is -0.913. The van der Waals surface area contributed by atoms with E-state index in [1.54, 1.807) is 13.8 Å². The number of hydrogen-bond donors (Lipinski definition) is 1. The fourth-order valence-electron chi connectivity index (χ4n) is 5.19. The Hall–Kier alpha value is -4.13. The lowest BCUT2D eigenvalue weighted by atomic mass is 9.98. The Kier molecular flexibility index (Phi) is 7.73. The van der Waals surface area contributed by atoms with Crippen LogP contribution in [0.5, 0.6) is 0 Å². The third-order valence-electron chi connectivity index (χ3n) is 7.31. The lowest BCUT2D eigenvalue weighted by Gasteiger charge is -2.28. The Morgan fingerprint density at radius 3 is 2.16 bits per heavy atom. The number of carbonyl (C=O) groups excluding carboxylic acids is 2. The van der Waals surface area contributed by atoms with E-state index in [9.17, 15) is 9.59 Å². The van der Waals surface area contributed by atoms with Gasteiger partial charge in [0, 0.05) is 24.7 Å². The summed E-state index contributed by atoms with van der Waals surface area (Å²) in [6, 6.07) is 23.5. The zero-order valence-corrected chi connectivity index (χ0v) is 21.9. The normalized spacial score (nSPS) is 15.8. The molecule has 1 atom stereocenters. The van der Waals surface area contributed by atoms with Crippen molar-refractivity contribution in [2.45, 2.75) is 45.1 Å². The molecule has 196 valence electrons.